The van der Waals surface area contributed by atoms with Gasteiger partial charge in [-0.2, -0.15) is 12.7 Å². The lowest BCUT2D eigenvalue weighted by Gasteiger charge is -2.20. The number of carbonyl (C=O) groups excluding carboxylic acids is 1. The van der Waals surface area contributed by atoms with Crippen LogP contribution in [0.4, 0.5) is 4.79 Å². The van der Waals surface area contributed by atoms with E-state index in [-0.39, 0.29) is 17.5 Å². The molecule has 1 amide bonds. The van der Waals surface area contributed by atoms with Crippen molar-refractivity contribution in [3.63, 3.8) is 0 Å². The topological polar surface area (TPSA) is 84.9 Å². The number of ether oxygens (including phenoxy) is 2. The summed E-state index contributed by atoms with van der Waals surface area (Å²) in [5, 5.41) is 0. The average molecular weight is 347 g/mol. The molecule has 0 heterocycles. The number of hydrogen-bond acceptors (Lipinski definition) is 5. The van der Waals surface area contributed by atoms with Crippen molar-refractivity contribution in [2.45, 2.75) is 24.8 Å². The Labute approximate surface area is 116 Å². The highest BCUT2D eigenvalue weighted by molar-refractivity contribution is 9.09. The molecule has 7 nitrogen and oxygen atoms in total. The predicted octanol–water partition coefficient (Wildman–Crippen LogP) is 0.707. The monoisotopic (exact) mass is 346 g/mol. The van der Waals surface area contributed by atoms with Crippen LogP contribution in [0.25, 0.3) is 0 Å². The van der Waals surface area contributed by atoms with Gasteiger partial charge in [-0.1, -0.05) is 15.9 Å². The van der Waals surface area contributed by atoms with Crippen molar-refractivity contribution >= 4 is 32.2 Å². The molecule has 0 saturated heterocycles. The van der Waals surface area contributed by atoms with Gasteiger partial charge in [0.2, 0.25) is 0 Å². The molecule has 0 aliphatic rings. The molecule has 18 heavy (non-hydrogen) atoms. The third-order valence-electron chi connectivity index (χ3n) is 1.77. The molecular formula is C9H19BrN2O5S. The summed E-state index contributed by atoms with van der Waals surface area (Å²) < 4.78 is 35.8. The van der Waals surface area contributed by atoms with Gasteiger partial charge in [0.25, 0.3) is 0 Å². The number of methoxy groups -OCH3 is 1. The van der Waals surface area contributed by atoms with E-state index in [4.69, 9.17) is 9.47 Å². The van der Waals surface area contributed by atoms with Crippen molar-refractivity contribution in [1.29, 1.82) is 0 Å². The van der Waals surface area contributed by atoms with Gasteiger partial charge in [-0.05, 0) is 13.8 Å². The minimum Gasteiger partial charge on any atom is -0.446 e. The molecule has 1 unspecified atom stereocenters. The Balaban J connectivity index is 4.40. The van der Waals surface area contributed by atoms with Gasteiger partial charge in [0.15, 0.2) is 0 Å². The normalized spacial score (nSPS) is 13.7. The Bertz CT molecular complexity index is 360. The van der Waals surface area contributed by atoms with E-state index in [9.17, 15) is 13.2 Å². The predicted molar refractivity (Wildman–Crippen MR) is 70.9 cm³/mol. The first kappa shape index (κ1) is 17.6. The zero-order chi connectivity index (χ0) is 14.3. The molecule has 0 aromatic rings. The molecule has 108 valence electrons. The summed E-state index contributed by atoms with van der Waals surface area (Å²) in [6.07, 6.45) is -1.38. The fraction of sp³-hybridized carbons (Fsp3) is 0.889. The second-order valence-corrected chi connectivity index (χ2v) is 6.97. The van der Waals surface area contributed by atoms with Gasteiger partial charge in [0.1, 0.15) is 0 Å². The Morgan fingerprint density at radius 3 is 2.44 bits per heavy atom. The molecule has 0 fully saturated rings. The first-order valence-corrected chi connectivity index (χ1v) is 7.62. The van der Waals surface area contributed by atoms with Crippen LogP contribution in [0.3, 0.4) is 0 Å². The molecule has 9 heteroatoms. The van der Waals surface area contributed by atoms with Gasteiger partial charge in [0.05, 0.1) is 17.5 Å². The zero-order valence-corrected chi connectivity index (χ0v) is 13.2. The minimum absolute atomic E-state index is 0.162. The van der Waals surface area contributed by atoms with E-state index in [2.05, 4.69) is 15.9 Å². The van der Waals surface area contributed by atoms with Gasteiger partial charge in [-0.3, -0.25) is 0 Å². The van der Waals surface area contributed by atoms with Crippen LogP contribution in [0.2, 0.25) is 0 Å². The number of nitrogens with zero attached hydrogens (tertiary/aromatic N) is 1. The maximum atomic E-state index is 11.7. The highest BCUT2D eigenvalue weighted by Crippen LogP contribution is 2.05. The van der Waals surface area contributed by atoms with Crippen LogP contribution in [0.5, 0.6) is 0 Å². The third kappa shape index (κ3) is 7.14. The van der Waals surface area contributed by atoms with Crippen LogP contribution in [0.1, 0.15) is 13.8 Å². The van der Waals surface area contributed by atoms with Crippen molar-refractivity contribution in [3.8, 4) is 0 Å². The van der Waals surface area contributed by atoms with E-state index < -0.39 is 16.3 Å². The minimum atomic E-state index is -3.90. The van der Waals surface area contributed by atoms with Crippen molar-refractivity contribution < 1.29 is 22.7 Å². The maximum absolute atomic E-state index is 11.7. The van der Waals surface area contributed by atoms with Crippen LogP contribution < -0.4 is 4.72 Å². The van der Waals surface area contributed by atoms with Crippen LogP contribution in [-0.4, -0.2) is 57.1 Å². The molecule has 0 aromatic heterocycles. The largest absolute Gasteiger partial charge is 0.446 e. The molecule has 1 atom stereocenters. The second-order valence-electron chi connectivity index (χ2n) is 3.89. The lowest BCUT2D eigenvalue weighted by atomic mass is 10.4. The first-order valence-electron chi connectivity index (χ1n) is 5.26. The quantitative estimate of drug-likeness (QED) is 0.686. The number of alkyl halides is 1. The van der Waals surface area contributed by atoms with Gasteiger partial charge in [-0.15, -0.1) is 0 Å². The Kier molecular flexibility index (Phi) is 7.76. The highest BCUT2D eigenvalue weighted by atomic mass is 79.9. The molecule has 0 aromatic carbocycles. The number of halogens is 1. The van der Waals surface area contributed by atoms with Crippen LogP contribution in [-0.2, 0) is 19.7 Å². The SMILES string of the molecule is COCC(Br)CN(C)S(=O)(=O)NC(=O)OC(C)C. The van der Waals surface area contributed by atoms with E-state index in [0.717, 1.165) is 4.31 Å². The standard InChI is InChI=1S/C9H19BrN2O5S/c1-7(2)17-9(13)11-18(14,15)12(3)5-8(10)6-16-4/h7-8H,5-6H2,1-4H3,(H,11,13). The molecule has 0 rings (SSSR count). The van der Waals surface area contributed by atoms with E-state index in [1.165, 1.54) is 14.2 Å². The molecule has 0 aliphatic heterocycles. The van der Waals surface area contributed by atoms with Gasteiger partial charge >= 0.3 is 16.3 Å². The Morgan fingerprint density at radius 1 is 1.44 bits per heavy atom. The van der Waals surface area contributed by atoms with Crippen LogP contribution in [0.15, 0.2) is 0 Å². The molecule has 1 N–H and O–H groups in total. The smallest absolute Gasteiger partial charge is 0.422 e. The highest BCUT2D eigenvalue weighted by Gasteiger charge is 2.23. The van der Waals surface area contributed by atoms with Crippen LogP contribution >= 0.6 is 15.9 Å². The third-order valence-corrected chi connectivity index (χ3v) is 3.72. The lowest BCUT2D eigenvalue weighted by Crippen LogP contribution is -2.44. The maximum Gasteiger partial charge on any atom is 0.422 e. The molecule has 0 radical (unpaired) electrons. The molecule has 0 bridgehead atoms. The van der Waals surface area contributed by atoms with E-state index in [1.54, 1.807) is 13.8 Å². The fourth-order valence-corrected chi connectivity index (χ4v) is 2.71. The number of rotatable bonds is 7. The van der Waals surface area contributed by atoms with Gasteiger partial charge in [0, 0.05) is 20.7 Å². The van der Waals surface area contributed by atoms with E-state index >= 15 is 0 Å². The zero-order valence-electron chi connectivity index (χ0n) is 10.8. The summed E-state index contributed by atoms with van der Waals surface area (Å²) in [6, 6.07) is 0. The van der Waals surface area contributed by atoms with Crippen molar-refractivity contribution in [2.24, 2.45) is 0 Å². The molecule has 0 spiro atoms. The summed E-state index contributed by atoms with van der Waals surface area (Å²) in [7, 11) is -1.02. The Hall–Kier alpha value is -0.380. The number of carbonyl (C=O) groups is 1. The number of hydrogen-bond donors (Lipinski definition) is 1. The average Bonchev–Trinajstić information content (AvgIpc) is 2.14. The van der Waals surface area contributed by atoms with E-state index in [0.29, 0.717) is 6.61 Å². The summed E-state index contributed by atoms with van der Waals surface area (Å²) >= 11 is 3.26. The molecule has 0 aliphatic carbocycles. The van der Waals surface area contributed by atoms with Crippen LogP contribution in [0, 0.1) is 0 Å². The summed E-state index contributed by atoms with van der Waals surface area (Å²) in [5.74, 6) is 0. The van der Waals surface area contributed by atoms with E-state index in [1.807, 2.05) is 4.72 Å². The van der Waals surface area contributed by atoms with Crippen molar-refractivity contribution in [2.75, 3.05) is 27.3 Å². The summed E-state index contributed by atoms with van der Waals surface area (Å²) in [5.41, 5.74) is 0. The second kappa shape index (κ2) is 7.93. The summed E-state index contributed by atoms with van der Waals surface area (Å²) in [6.45, 7) is 3.78. The molecular weight excluding hydrogens is 328 g/mol. The van der Waals surface area contributed by atoms with Gasteiger partial charge in [-0.25, -0.2) is 9.52 Å². The fourth-order valence-electron chi connectivity index (χ4n) is 1.03. The Morgan fingerprint density at radius 2 is 2.00 bits per heavy atom. The first-order chi connectivity index (χ1) is 8.19. The lowest BCUT2D eigenvalue weighted by molar-refractivity contribution is 0.121. The number of amides is 1. The number of nitrogens with one attached hydrogen (secondary N) is 1. The van der Waals surface area contributed by atoms with Crippen molar-refractivity contribution in [3.05, 3.63) is 0 Å². The van der Waals surface area contributed by atoms with Crippen molar-refractivity contribution in [1.82, 2.24) is 9.03 Å². The van der Waals surface area contributed by atoms with Gasteiger partial charge < -0.3 is 9.47 Å². The summed E-state index contributed by atoms with van der Waals surface area (Å²) in [4.78, 5) is 11.0. The molecule has 0 saturated carbocycles.